The number of nitrogens with zero attached hydrogens (tertiary/aromatic N) is 2. The lowest BCUT2D eigenvalue weighted by Crippen LogP contribution is -2.54. The first-order chi connectivity index (χ1) is 10.6. The third-order valence-electron chi connectivity index (χ3n) is 3.96. The molecule has 1 amide bonds. The molecule has 0 saturated carbocycles. The number of hydrogen-bond donors (Lipinski definition) is 1. The first kappa shape index (κ1) is 23.8. The number of pyridine rings is 1. The smallest absolute Gasteiger partial charge is 0.422 e. The molecular weight excluding hydrogens is 382 g/mol. The summed E-state index contributed by atoms with van der Waals surface area (Å²) in [5.74, 6) is -0.606. The molecular formula is C15H22Cl2F3N3O2. The van der Waals surface area contributed by atoms with E-state index in [0.717, 1.165) is 0 Å². The van der Waals surface area contributed by atoms with Crippen LogP contribution in [0.5, 0.6) is 5.75 Å². The van der Waals surface area contributed by atoms with Gasteiger partial charge in [0.25, 0.3) is 5.91 Å². The largest absolute Gasteiger partial charge is 0.482 e. The van der Waals surface area contributed by atoms with Crippen LogP contribution in [0.15, 0.2) is 18.3 Å². The second kappa shape index (κ2) is 8.91. The van der Waals surface area contributed by atoms with Gasteiger partial charge < -0.3 is 15.4 Å². The van der Waals surface area contributed by atoms with Crippen LogP contribution in [0.1, 0.15) is 30.8 Å². The van der Waals surface area contributed by atoms with Crippen LogP contribution in [0.25, 0.3) is 0 Å². The fourth-order valence-corrected chi connectivity index (χ4v) is 2.52. The van der Waals surface area contributed by atoms with Crippen LogP contribution >= 0.6 is 24.8 Å². The highest BCUT2D eigenvalue weighted by molar-refractivity contribution is 5.95. The van der Waals surface area contributed by atoms with Gasteiger partial charge in [-0.15, -0.1) is 24.8 Å². The summed E-state index contributed by atoms with van der Waals surface area (Å²) in [5, 5.41) is 0. The summed E-state index contributed by atoms with van der Waals surface area (Å²) in [4.78, 5) is 18.1. The molecule has 5 nitrogen and oxygen atoms in total. The quantitative estimate of drug-likeness (QED) is 0.841. The van der Waals surface area contributed by atoms with Crippen molar-refractivity contribution < 1.29 is 22.7 Å². The zero-order valence-electron chi connectivity index (χ0n) is 13.9. The Morgan fingerprint density at radius 1 is 1.44 bits per heavy atom. The van der Waals surface area contributed by atoms with E-state index in [2.05, 4.69) is 4.98 Å². The lowest BCUT2D eigenvalue weighted by molar-refractivity contribution is -0.153. The van der Waals surface area contributed by atoms with Crippen LogP contribution in [-0.4, -0.2) is 47.7 Å². The van der Waals surface area contributed by atoms with Gasteiger partial charge in [-0.1, -0.05) is 13.8 Å². The Morgan fingerprint density at radius 2 is 2.08 bits per heavy atom. The van der Waals surface area contributed by atoms with Gasteiger partial charge in [0.15, 0.2) is 18.1 Å². The fourth-order valence-electron chi connectivity index (χ4n) is 2.52. The van der Waals surface area contributed by atoms with Gasteiger partial charge in [0.2, 0.25) is 0 Å². The third kappa shape index (κ3) is 6.20. The summed E-state index contributed by atoms with van der Waals surface area (Å²) in [6.07, 6.45) is -2.49. The number of piperidine rings is 1. The van der Waals surface area contributed by atoms with Gasteiger partial charge in [-0.25, -0.2) is 4.98 Å². The normalized spacial score (nSPS) is 19.4. The van der Waals surface area contributed by atoms with E-state index in [9.17, 15) is 18.0 Å². The van der Waals surface area contributed by atoms with E-state index in [0.29, 0.717) is 19.5 Å². The molecule has 25 heavy (non-hydrogen) atoms. The molecule has 0 aromatic carbocycles. The van der Waals surface area contributed by atoms with E-state index in [1.54, 1.807) is 4.90 Å². The van der Waals surface area contributed by atoms with Crippen LogP contribution < -0.4 is 10.5 Å². The Hall–Kier alpha value is -1.25. The predicted octanol–water partition coefficient (Wildman–Crippen LogP) is 3.07. The number of alkyl halides is 3. The van der Waals surface area contributed by atoms with E-state index in [-0.39, 0.29) is 47.7 Å². The van der Waals surface area contributed by atoms with Crippen molar-refractivity contribution in [2.24, 2.45) is 11.1 Å². The minimum Gasteiger partial charge on any atom is -0.482 e. The maximum atomic E-state index is 12.6. The second-order valence-corrected chi connectivity index (χ2v) is 6.36. The van der Waals surface area contributed by atoms with Crippen molar-refractivity contribution in [1.29, 1.82) is 0 Å². The monoisotopic (exact) mass is 403 g/mol. The zero-order valence-corrected chi connectivity index (χ0v) is 15.5. The molecule has 1 saturated heterocycles. The Bertz CT molecular complexity index is 585. The number of aromatic nitrogens is 1. The Morgan fingerprint density at radius 3 is 2.64 bits per heavy atom. The fraction of sp³-hybridized carbons (Fsp3) is 0.600. The van der Waals surface area contributed by atoms with Gasteiger partial charge in [-0.2, -0.15) is 13.2 Å². The minimum absolute atomic E-state index is 0. The number of hydrogen-bond acceptors (Lipinski definition) is 4. The molecule has 1 aliphatic rings. The highest BCUT2D eigenvalue weighted by Crippen LogP contribution is 2.30. The number of amides is 1. The average Bonchev–Trinajstić information content (AvgIpc) is 2.47. The summed E-state index contributed by atoms with van der Waals surface area (Å²) in [5.41, 5.74) is 5.66. The number of carbonyl (C=O) groups is 1. The maximum Gasteiger partial charge on any atom is 0.422 e. The van der Waals surface area contributed by atoms with E-state index < -0.39 is 18.7 Å². The van der Waals surface area contributed by atoms with E-state index in [4.69, 9.17) is 10.5 Å². The SMILES string of the molecule is CC1(C)CN(C(=O)c2ncccc2OCC(F)(F)F)CCC1N.Cl.Cl. The number of ether oxygens (including phenoxy) is 1. The van der Waals surface area contributed by atoms with Crippen molar-refractivity contribution in [1.82, 2.24) is 9.88 Å². The van der Waals surface area contributed by atoms with E-state index in [1.165, 1.54) is 18.3 Å². The molecule has 0 aliphatic carbocycles. The predicted molar refractivity (Wildman–Crippen MR) is 92.6 cm³/mol. The number of halogens is 5. The lowest BCUT2D eigenvalue weighted by Gasteiger charge is -2.42. The molecule has 0 radical (unpaired) electrons. The third-order valence-corrected chi connectivity index (χ3v) is 3.96. The second-order valence-electron chi connectivity index (χ2n) is 6.36. The van der Waals surface area contributed by atoms with Crippen LogP contribution in [0, 0.1) is 5.41 Å². The van der Waals surface area contributed by atoms with Crippen LogP contribution in [0.2, 0.25) is 0 Å². The van der Waals surface area contributed by atoms with Crippen molar-refractivity contribution in [2.45, 2.75) is 32.5 Å². The van der Waals surface area contributed by atoms with Crippen LogP contribution in [0.3, 0.4) is 0 Å². The first-order valence-electron chi connectivity index (χ1n) is 7.29. The molecule has 0 bridgehead atoms. The molecule has 10 heteroatoms. The minimum atomic E-state index is -4.48. The summed E-state index contributed by atoms with van der Waals surface area (Å²) in [7, 11) is 0. The lowest BCUT2D eigenvalue weighted by atomic mass is 9.79. The van der Waals surface area contributed by atoms with Crippen molar-refractivity contribution in [3.63, 3.8) is 0 Å². The molecule has 2 N–H and O–H groups in total. The van der Waals surface area contributed by atoms with Crippen molar-refractivity contribution in [2.75, 3.05) is 19.7 Å². The molecule has 1 aromatic rings. The Balaban J connectivity index is 0.00000288. The molecule has 2 rings (SSSR count). The van der Waals surface area contributed by atoms with Gasteiger partial charge in [-0.05, 0) is 24.0 Å². The number of carbonyl (C=O) groups excluding carboxylic acids is 1. The molecule has 1 atom stereocenters. The summed E-state index contributed by atoms with van der Waals surface area (Å²) < 4.78 is 41.7. The molecule has 1 aliphatic heterocycles. The molecule has 2 heterocycles. The number of nitrogens with two attached hydrogens (primary N) is 1. The van der Waals surface area contributed by atoms with Gasteiger partial charge >= 0.3 is 6.18 Å². The van der Waals surface area contributed by atoms with Gasteiger partial charge in [-0.3, -0.25) is 4.79 Å². The van der Waals surface area contributed by atoms with Crippen LogP contribution in [0.4, 0.5) is 13.2 Å². The topological polar surface area (TPSA) is 68.5 Å². The average molecular weight is 404 g/mol. The molecule has 144 valence electrons. The maximum absolute atomic E-state index is 12.6. The summed E-state index contributed by atoms with van der Waals surface area (Å²) in [6, 6.07) is 2.71. The highest BCUT2D eigenvalue weighted by Gasteiger charge is 2.37. The van der Waals surface area contributed by atoms with Gasteiger partial charge in [0, 0.05) is 25.3 Å². The number of rotatable bonds is 3. The molecule has 1 unspecified atom stereocenters. The van der Waals surface area contributed by atoms with E-state index >= 15 is 0 Å². The van der Waals surface area contributed by atoms with Gasteiger partial charge in [0.1, 0.15) is 0 Å². The molecule has 1 fully saturated rings. The zero-order chi connectivity index (χ0) is 17.3. The Labute approximate surface area is 156 Å². The van der Waals surface area contributed by atoms with Crippen molar-refractivity contribution in [3.05, 3.63) is 24.0 Å². The van der Waals surface area contributed by atoms with Crippen LogP contribution in [-0.2, 0) is 0 Å². The first-order valence-corrected chi connectivity index (χ1v) is 7.29. The molecule has 0 spiro atoms. The Kier molecular flexibility index (Phi) is 8.47. The van der Waals surface area contributed by atoms with Crippen molar-refractivity contribution in [3.8, 4) is 5.75 Å². The standard InChI is InChI=1S/C15H20F3N3O2.2ClH/c1-14(2)8-21(7-5-11(14)19)13(22)12-10(4-3-6-20-12)23-9-15(16,17)18;;/h3-4,6,11H,5,7-9,19H2,1-2H3;2*1H. The van der Waals surface area contributed by atoms with Gasteiger partial charge in [0.05, 0.1) is 0 Å². The summed E-state index contributed by atoms with van der Waals surface area (Å²) in [6.45, 7) is 3.31. The summed E-state index contributed by atoms with van der Waals surface area (Å²) >= 11 is 0. The molecule has 1 aromatic heterocycles. The van der Waals surface area contributed by atoms with Crippen molar-refractivity contribution >= 4 is 30.7 Å². The highest BCUT2D eigenvalue weighted by atomic mass is 35.5. The van der Waals surface area contributed by atoms with E-state index in [1.807, 2.05) is 13.8 Å². The number of likely N-dealkylation sites (tertiary alicyclic amines) is 1.